The molecular formula is C15H24N2O4. The summed E-state index contributed by atoms with van der Waals surface area (Å²) in [6.45, 7) is 6.46. The molecule has 1 amide bonds. The van der Waals surface area contributed by atoms with Crippen LogP contribution in [0.1, 0.15) is 20.8 Å². The van der Waals surface area contributed by atoms with E-state index >= 15 is 0 Å². The number of methoxy groups -OCH3 is 2. The molecule has 6 heteroatoms. The first-order chi connectivity index (χ1) is 9.87. The van der Waals surface area contributed by atoms with Crippen molar-refractivity contribution >= 4 is 11.8 Å². The quantitative estimate of drug-likeness (QED) is 0.790. The highest BCUT2D eigenvalue weighted by molar-refractivity contribution is 5.68. The third-order valence-corrected chi connectivity index (χ3v) is 2.51. The number of hydrogen-bond donors (Lipinski definition) is 2. The molecule has 2 N–H and O–H groups in total. The van der Waals surface area contributed by atoms with Gasteiger partial charge in [-0.05, 0) is 32.9 Å². The maximum atomic E-state index is 11.5. The lowest BCUT2D eigenvalue weighted by atomic mass is 10.2. The Labute approximate surface area is 125 Å². The summed E-state index contributed by atoms with van der Waals surface area (Å²) in [4.78, 5) is 11.5. The number of carbonyl (C=O) groups is 1. The maximum absolute atomic E-state index is 11.5. The molecule has 0 aliphatic carbocycles. The van der Waals surface area contributed by atoms with Gasteiger partial charge >= 0.3 is 6.09 Å². The van der Waals surface area contributed by atoms with Crippen molar-refractivity contribution in [1.29, 1.82) is 0 Å². The molecule has 0 saturated heterocycles. The fraction of sp³-hybridized carbons (Fsp3) is 0.533. The molecule has 0 atom stereocenters. The van der Waals surface area contributed by atoms with E-state index in [1.807, 2.05) is 39.0 Å². The summed E-state index contributed by atoms with van der Waals surface area (Å²) in [5, 5.41) is 5.86. The molecule has 1 aromatic rings. The second-order valence-corrected chi connectivity index (χ2v) is 5.40. The topological polar surface area (TPSA) is 68.8 Å². The Balaban J connectivity index is 2.45. The Morgan fingerprint density at radius 3 is 2.43 bits per heavy atom. The van der Waals surface area contributed by atoms with Gasteiger partial charge < -0.3 is 24.8 Å². The molecule has 1 aromatic carbocycles. The molecule has 0 radical (unpaired) electrons. The SMILES string of the molecule is COc1cccc(NCCNC(=O)OC(C)(C)C)c1OC. The smallest absolute Gasteiger partial charge is 0.407 e. The van der Waals surface area contributed by atoms with Crippen molar-refractivity contribution in [3.63, 3.8) is 0 Å². The standard InChI is InChI=1S/C15H24N2O4/c1-15(2,3)21-14(18)17-10-9-16-11-7-6-8-12(19-4)13(11)20-5/h6-8,16H,9-10H2,1-5H3,(H,17,18). The van der Waals surface area contributed by atoms with E-state index in [-0.39, 0.29) is 0 Å². The largest absolute Gasteiger partial charge is 0.493 e. The van der Waals surface area contributed by atoms with Crippen LogP contribution in [0.4, 0.5) is 10.5 Å². The third-order valence-electron chi connectivity index (χ3n) is 2.51. The number of rotatable bonds is 6. The van der Waals surface area contributed by atoms with Crippen LogP contribution in [0.3, 0.4) is 0 Å². The third kappa shape index (κ3) is 5.81. The minimum absolute atomic E-state index is 0.429. The number of anilines is 1. The van der Waals surface area contributed by atoms with E-state index in [0.29, 0.717) is 24.6 Å². The van der Waals surface area contributed by atoms with Gasteiger partial charge in [0.25, 0.3) is 0 Å². The van der Waals surface area contributed by atoms with Crippen LogP contribution in [-0.4, -0.2) is 39.0 Å². The monoisotopic (exact) mass is 296 g/mol. The van der Waals surface area contributed by atoms with Crippen LogP contribution in [-0.2, 0) is 4.74 Å². The first-order valence-corrected chi connectivity index (χ1v) is 6.79. The Hall–Kier alpha value is -2.11. The van der Waals surface area contributed by atoms with Crippen molar-refractivity contribution in [1.82, 2.24) is 5.32 Å². The maximum Gasteiger partial charge on any atom is 0.407 e. The zero-order chi connectivity index (χ0) is 15.9. The van der Waals surface area contributed by atoms with Gasteiger partial charge in [0.15, 0.2) is 11.5 Å². The van der Waals surface area contributed by atoms with E-state index in [1.54, 1.807) is 14.2 Å². The summed E-state index contributed by atoms with van der Waals surface area (Å²) < 4.78 is 15.7. The number of para-hydroxylation sites is 1. The molecule has 0 aliphatic heterocycles. The van der Waals surface area contributed by atoms with Crippen molar-refractivity contribution in [2.45, 2.75) is 26.4 Å². The number of ether oxygens (including phenoxy) is 3. The summed E-state index contributed by atoms with van der Waals surface area (Å²) in [6, 6.07) is 5.57. The van der Waals surface area contributed by atoms with E-state index in [2.05, 4.69) is 10.6 Å². The van der Waals surface area contributed by atoms with Crippen LogP contribution in [0.15, 0.2) is 18.2 Å². The van der Waals surface area contributed by atoms with Crippen molar-refractivity contribution in [2.75, 3.05) is 32.6 Å². The van der Waals surface area contributed by atoms with E-state index in [1.165, 1.54) is 0 Å². The minimum atomic E-state index is -0.493. The van der Waals surface area contributed by atoms with Gasteiger partial charge in [-0.1, -0.05) is 6.07 Å². The molecule has 0 fully saturated rings. The van der Waals surface area contributed by atoms with Gasteiger partial charge in [0.05, 0.1) is 19.9 Å². The van der Waals surface area contributed by atoms with Crippen LogP contribution in [0.5, 0.6) is 11.5 Å². The molecule has 1 rings (SSSR count). The van der Waals surface area contributed by atoms with Crippen LogP contribution in [0.2, 0.25) is 0 Å². The number of benzene rings is 1. The van der Waals surface area contributed by atoms with Gasteiger partial charge in [-0.25, -0.2) is 4.79 Å². The van der Waals surface area contributed by atoms with Gasteiger partial charge in [0.1, 0.15) is 5.60 Å². The Morgan fingerprint density at radius 2 is 1.86 bits per heavy atom. The predicted molar refractivity (Wildman–Crippen MR) is 82.3 cm³/mol. The Bertz CT molecular complexity index is 469. The zero-order valence-corrected chi connectivity index (χ0v) is 13.3. The molecule has 0 aromatic heterocycles. The van der Waals surface area contributed by atoms with Crippen molar-refractivity contribution in [3.8, 4) is 11.5 Å². The fourth-order valence-electron chi connectivity index (χ4n) is 1.70. The number of amides is 1. The van der Waals surface area contributed by atoms with Crippen molar-refractivity contribution in [2.24, 2.45) is 0 Å². The van der Waals surface area contributed by atoms with Crippen LogP contribution in [0.25, 0.3) is 0 Å². The van der Waals surface area contributed by atoms with Crippen molar-refractivity contribution < 1.29 is 19.0 Å². The van der Waals surface area contributed by atoms with E-state index in [0.717, 1.165) is 5.69 Å². The molecule has 0 saturated carbocycles. The van der Waals surface area contributed by atoms with Gasteiger partial charge in [-0.15, -0.1) is 0 Å². The van der Waals surface area contributed by atoms with E-state index in [4.69, 9.17) is 14.2 Å². The average Bonchev–Trinajstić information content (AvgIpc) is 2.41. The number of nitrogens with one attached hydrogen (secondary N) is 2. The average molecular weight is 296 g/mol. The molecule has 21 heavy (non-hydrogen) atoms. The van der Waals surface area contributed by atoms with E-state index < -0.39 is 11.7 Å². The fourth-order valence-corrected chi connectivity index (χ4v) is 1.70. The number of hydrogen-bond acceptors (Lipinski definition) is 5. The highest BCUT2D eigenvalue weighted by Gasteiger charge is 2.15. The summed E-state index contributed by atoms with van der Waals surface area (Å²) in [6.07, 6.45) is -0.429. The lowest BCUT2D eigenvalue weighted by molar-refractivity contribution is 0.0530. The first kappa shape index (κ1) is 16.9. The van der Waals surface area contributed by atoms with Gasteiger partial charge in [-0.3, -0.25) is 0 Å². The zero-order valence-electron chi connectivity index (χ0n) is 13.3. The molecule has 6 nitrogen and oxygen atoms in total. The molecule has 118 valence electrons. The molecule has 0 unspecified atom stereocenters. The summed E-state index contributed by atoms with van der Waals surface area (Å²) in [5.41, 5.74) is 0.316. The Kier molecular flexibility index (Phi) is 6.14. The summed E-state index contributed by atoms with van der Waals surface area (Å²) in [5.74, 6) is 1.29. The summed E-state index contributed by atoms with van der Waals surface area (Å²) in [7, 11) is 3.17. The van der Waals surface area contributed by atoms with Crippen molar-refractivity contribution in [3.05, 3.63) is 18.2 Å². The number of carbonyl (C=O) groups excluding carboxylic acids is 1. The lowest BCUT2D eigenvalue weighted by Gasteiger charge is -2.20. The highest BCUT2D eigenvalue weighted by atomic mass is 16.6. The second-order valence-electron chi connectivity index (χ2n) is 5.40. The molecular weight excluding hydrogens is 272 g/mol. The molecule has 0 spiro atoms. The van der Waals surface area contributed by atoms with Crippen LogP contribution < -0.4 is 20.1 Å². The van der Waals surface area contributed by atoms with Gasteiger partial charge in [0, 0.05) is 13.1 Å². The lowest BCUT2D eigenvalue weighted by Crippen LogP contribution is -2.35. The van der Waals surface area contributed by atoms with Gasteiger partial charge in [0.2, 0.25) is 0 Å². The number of alkyl carbamates (subject to hydrolysis) is 1. The minimum Gasteiger partial charge on any atom is -0.493 e. The van der Waals surface area contributed by atoms with Crippen LogP contribution >= 0.6 is 0 Å². The molecule has 0 heterocycles. The predicted octanol–water partition coefficient (Wildman–Crippen LogP) is 2.64. The molecule has 0 aliphatic rings. The van der Waals surface area contributed by atoms with Gasteiger partial charge in [-0.2, -0.15) is 0 Å². The molecule has 0 bridgehead atoms. The normalized spacial score (nSPS) is 10.7. The second kappa shape index (κ2) is 7.61. The van der Waals surface area contributed by atoms with Crippen LogP contribution in [0, 0.1) is 0 Å². The first-order valence-electron chi connectivity index (χ1n) is 6.79. The van der Waals surface area contributed by atoms with E-state index in [9.17, 15) is 4.79 Å². The Morgan fingerprint density at radius 1 is 1.14 bits per heavy atom. The summed E-state index contributed by atoms with van der Waals surface area (Å²) >= 11 is 0. The highest BCUT2D eigenvalue weighted by Crippen LogP contribution is 2.34.